The lowest BCUT2D eigenvalue weighted by molar-refractivity contribution is -0.124. The fourth-order valence-electron chi connectivity index (χ4n) is 5.04. The van der Waals surface area contributed by atoms with E-state index in [1.165, 1.54) is 28.2 Å². The molecule has 2 aliphatic rings. The van der Waals surface area contributed by atoms with Gasteiger partial charge >= 0.3 is 0 Å². The molecule has 3 atom stereocenters. The van der Waals surface area contributed by atoms with Crippen molar-refractivity contribution in [1.29, 1.82) is 0 Å². The SMILES string of the molecule is Nc1cc2sc(CNC(=O)[C@@H]3[C@@H]4C[C@@H]4c4ncc(NC(=O)c5cc(-c6ccccn6)on5)c(=O)n43)cc2cn1. The molecule has 0 radical (unpaired) electrons. The predicted molar refractivity (Wildman–Crippen MR) is 142 cm³/mol. The zero-order chi connectivity index (χ0) is 26.7. The molecular formula is C26H20N8O4S. The van der Waals surface area contributed by atoms with E-state index in [1.807, 2.05) is 6.07 Å². The molecule has 0 bridgehead atoms. The van der Waals surface area contributed by atoms with E-state index in [9.17, 15) is 14.4 Å². The van der Waals surface area contributed by atoms with Crippen LogP contribution in [0.3, 0.4) is 0 Å². The maximum absolute atomic E-state index is 13.4. The Morgan fingerprint density at radius 2 is 2.05 bits per heavy atom. The maximum Gasteiger partial charge on any atom is 0.278 e. The van der Waals surface area contributed by atoms with E-state index in [4.69, 9.17) is 10.3 Å². The summed E-state index contributed by atoms with van der Waals surface area (Å²) in [6, 6.07) is 9.78. The number of carbonyl (C=O) groups is 2. The molecule has 6 heterocycles. The zero-order valence-electron chi connectivity index (χ0n) is 20.2. The monoisotopic (exact) mass is 540 g/mol. The molecular weight excluding hydrogens is 520 g/mol. The topological polar surface area (TPSA) is 171 Å². The van der Waals surface area contributed by atoms with Crippen LogP contribution >= 0.6 is 11.3 Å². The molecule has 1 saturated carbocycles. The van der Waals surface area contributed by atoms with Crippen LogP contribution in [0.5, 0.6) is 0 Å². The number of hydrogen-bond acceptors (Lipinski definition) is 10. The minimum absolute atomic E-state index is 0.000899. The molecule has 2 amide bonds. The molecule has 0 saturated heterocycles. The molecule has 0 unspecified atom stereocenters. The van der Waals surface area contributed by atoms with Crippen molar-refractivity contribution < 1.29 is 14.1 Å². The summed E-state index contributed by atoms with van der Waals surface area (Å²) < 4.78 is 7.63. The van der Waals surface area contributed by atoms with E-state index >= 15 is 0 Å². The van der Waals surface area contributed by atoms with Gasteiger partial charge in [-0.05, 0) is 36.6 Å². The number of anilines is 2. The normalized spacial score (nSPS) is 18.9. The van der Waals surface area contributed by atoms with Gasteiger partial charge in [-0.1, -0.05) is 11.2 Å². The Bertz CT molecular complexity index is 1830. The quantitative estimate of drug-likeness (QED) is 0.293. The van der Waals surface area contributed by atoms with E-state index in [2.05, 4.69) is 30.7 Å². The van der Waals surface area contributed by atoms with Crippen molar-refractivity contribution in [1.82, 2.24) is 30.0 Å². The summed E-state index contributed by atoms with van der Waals surface area (Å²) in [5.74, 6) is 0.469. The van der Waals surface area contributed by atoms with Gasteiger partial charge in [-0.3, -0.25) is 23.9 Å². The smallest absolute Gasteiger partial charge is 0.278 e. The van der Waals surface area contributed by atoms with Gasteiger partial charge < -0.3 is 20.9 Å². The Hall–Kier alpha value is -4.91. The Labute approximate surface area is 223 Å². The summed E-state index contributed by atoms with van der Waals surface area (Å²) in [6.07, 6.45) is 5.42. The minimum atomic E-state index is -0.698. The number of aromatic nitrogens is 5. The van der Waals surface area contributed by atoms with Gasteiger partial charge in [-0.15, -0.1) is 11.3 Å². The van der Waals surface area contributed by atoms with Crippen LogP contribution in [0.2, 0.25) is 0 Å². The van der Waals surface area contributed by atoms with Crippen molar-refractivity contribution >= 4 is 44.7 Å². The Kier molecular flexibility index (Phi) is 5.26. The van der Waals surface area contributed by atoms with Gasteiger partial charge in [0.05, 0.1) is 12.7 Å². The number of pyridine rings is 2. The molecule has 194 valence electrons. The Morgan fingerprint density at radius 1 is 1.15 bits per heavy atom. The number of carbonyl (C=O) groups excluding carboxylic acids is 2. The van der Waals surface area contributed by atoms with Crippen LogP contribution in [0.15, 0.2) is 64.3 Å². The number of nitrogen functional groups attached to an aromatic ring is 1. The number of nitrogens with zero attached hydrogens (tertiary/aromatic N) is 5. The van der Waals surface area contributed by atoms with E-state index in [-0.39, 0.29) is 29.1 Å². The zero-order valence-corrected chi connectivity index (χ0v) is 21.0. The van der Waals surface area contributed by atoms with Gasteiger partial charge in [0.25, 0.3) is 11.5 Å². The van der Waals surface area contributed by atoms with Gasteiger partial charge in [0, 0.05) is 39.3 Å². The third-order valence-electron chi connectivity index (χ3n) is 6.96. The highest BCUT2D eigenvalue weighted by molar-refractivity contribution is 7.19. The summed E-state index contributed by atoms with van der Waals surface area (Å²) in [6.45, 7) is 0.310. The highest BCUT2D eigenvalue weighted by Crippen LogP contribution is 2.58. The number of rotatable bonds is 6. The van der Waals surface area contributed by atoms with Crippen molar-refractivity contribution in [2.45, 2.75) is 24.9 Å². The number of fused-ring (bicyclic) bond motifs is 4. The first-order valence-electron chi connectivity index (χ1n) is 12.2. The average Bonchev–Trinajstić information content (AvgIpc) is 3.27. The van der Waals surface area contributed by atoms with E-state index in [0.717, 1.165) is 21.4 Å². The second kappa shape index (κ2) is 8.84. The fraction of sp³-hybridized carbons (Fsp3) is 0.192. The number of amides is 2. The first-order valence-corrected chi connectivity index (χ1v) is 13.0. The third-order valence-corrected chi connectivity index (χ3v) is 8.06. The predicted octanol–water partition coefficient (Wildman–Crippen LogP) is 2.71. The van der Waals surface area contributed by atoms with Crippen LogP contribution in [-0.4, -0.2) is 36.5 Å². The molecule has 4 N–H and O–H groups in total. The highest BCUT2D eigenvalue weighted by Gasteiger charge is 2.56. The van der Waals surface area contributed by atoms with Crippen LogP contribution in [0, 0.1) is 5.92 Å². The van der Waals surface area contributed by atoms with Crippen LogP contribution in [0.1, 0.15) is 39.6 Å². The number of hydrogen-bond donors (Lipinski definition) is 3. The minimum Gasteiger partial charge on any atom is -0.384 e. The largest absolute Gasteiger partial charge is 0.384 e. The number of thiophene rings is 1. The lowest BCUT2D eigenvalue weighted by Gasteiger charge is -2.18. The van der Waals surface area contributed by atoms with Crippen LogP contribution < -0.4 is 21.9 Å². The first-order chi connectivity index (χ1) is 19.0. The van der Waals surface area contributed by atoms with Gasteiger partial charge in [0.15, 0.2) is 11.5 Å². The van der Waals surface area contributed by atoms with Crippen LogP contribution in [-0.2, 0) is 11.3 Å². The second-order valence-corrected chi connectivity index (χ2v) is 10.6. The Balaban J connectivity index is 1.09. The van der Waals surface area contributed by atoms with Crippen molar-refractivity contribution in [3.63, 3.8) is 0 Å². The van der Waals surface area contributed by atoms with E-state index < -0.39 is 17.5 Å². The van der Waals surface area contributed by atoms with Gasteiger partial charge in [0.1, 0.15) is 29.1 Å². The molecule has 13 heteroatoms. The van der Waals surface area contributed by atoms with E-state index in [1.54, 1.807) is 36.7 Å². The molecule has 1 aliphatic carbocycles. The molecule has 7 rings (SSSR count). The second-order valence-electron chi connectivity index (χ2n) is 9.48. The summed E-state index contributed by atoms with van der Waals surface area (Å²) in [7, 11) is 0. The van der Waals surface area contributed by atoms with Gasteiger partial charge in [-0.2, -0.15) is 0 Å². The molecule has 5 aromatic rings. The van der Waals surface area contributed by atoms with Crippen LogP contribution in [0.25, 0.3) is 21.5 Å². The fourth-order valence-corrected chi connectivity index (χ4v) is 6.06. The lowest BCUT2D eigenvalue weighted by atomic mass is 10.1. The lowest BCUT2D eigenvalue weighted by Crippen LogP contribution is -2.38. The molecule has 5 aromatic heterocycles. The maximum atomic E-state index is 13.4. The summed E-state index contributed by atoms with van der Waals surface area (Å²) in [4.78, 5) is 53.2. The molecule has 0 aromatic carbocycles. The molecule has 1 fully saturated rings. The molecule has 0 spiro atoms. The molecule has 12 nitrogen and oxygen atoms in total. The van der Waals surface area contributed by atoms with E-state index in [0.29, 0.717) is 29.6 Å². The van der Waals surface area contributed by atoms with Crippen LogP contribution in [0.4, 0.5) is 11.5 Å². The summed E-state index contributed by atoms with van der Waals surface area (Å²) in [5.41, 5.74) is 5.74. The van der Waals surface area contributed by atoms with Crippen molar-refractivity contribution in [3.05, 3.63) is 81.7 Å². The summed E-state index contributed by atoms with van der Waals surface area (Å²) in [5, 5.41) is 10.3. The van der Waals surface area contributed by atoms with Crippen molar-refractivity contribution in [2.75, 3.05) is 11.1 Å². The standard InChI is InChI=1S/C26H20N8O4S/c27-21-8-20-12(9-29-21)5-13(39-20)10-31-25(36)22-14-6-15(14)23-30-11-18(26(37)34(22)23)32-24(35)17-7-19(38-33-17)16-3-1-2-4-28-16/h1-5,7-9,11,14-15,22H,6,10H2,(H2,27,29)(H,31,36)(H,32,35)/t14-,15+,22+/m1/s1. The highest BCUT2D eigenvalue weighted by atomic mass is 32.1. The molecule has 1 aliphatic heterocycles. The van der Waals surface area contributed by atoms with Gasteiger partial charge in [-0.25, -0.2) is 9.97 Å². The number of nitrogens with two attached hydrogens (primary N) is 1. The number of nitrogens with one attached hydrogen (secondary N) is 2. The third kappa shape index (κ3) is 4.03. The summed E-state index contributed by atoms with van der Waals surface area (Å²) >= 11 is 1.52. The molecule has 39 heavy (non-hydrogen) atoms. The first kappa shape index (κ1) is 23.2. The average molecular weight is 541 g/mol. The van der Waals surface area contributed by atoms with Crippen molar-refractivity contribution in [2.24, 2.45) is 5.92 Å². The van der Waals surface area contributed by atoms with Gasteiger partial charge in [0.2, 0.25) is 5.91 Å². The van der Waals surface area contributed by atoms with Crippen molar-refractivity contribution in [3.8, 4) is 11.5 Å². The Morgan fingerprint density at radius 3 is 2.90 bits per heavy atom.